The van der Waals surface area contributed by atoms with Gasteiger partial charge in [0, 0.05) is 18.0 Å². The summed E-state index contributed by atoms with van der Waals surface area (Å²) in [5.41, 5.74) is 3.49. The number of alkyl carbamates (subject to hydrolysis) is 1. The van der Waals surface area contributed by atoms with Crippen molar-refractivity contribution >= 4 is 25.6 Å². The van der Waals surface area contributed by atoms with Crippen molar-refractivity contribution in [1.82, 2.24) is 5.32 Å². The van der Waals surface area contributed by atoms with Gasteiger partial charge >= 0.3 is 19.6 Å². The molecule has 2 aliphatic rings. The summed E-state index contributed by atoms with van der Waals surface area (Å²) < 4.78 is 60.8. The predicted molar refractivity (Wildman–Crippen MR) is 156 cm³/mol. The molecule has 1 amide bonds. The first kappa shape index (κ1) is 30.4. The molecular weight excluding hydrogens is 562 g/mol. The summed E-state index contributed by atoms with van der Waals surface area (Å²) >= 11 is 0. The molecule has 0 saturated carbocycles. The Morgan fingerprint density at radius 2 is 1.49 bits per heavy atom. The van der Waals surface area contributed by atoms with Gasteiger partial charge in [-0.3, -0.25) is 4.79 Å². The van der Waals surface area contributed by atoms with E-state index in [1.54, 1.807) is 0 Å². The topological polar surface area (TPSA) is 83.1 Å². The number of rotatable bonds is 8. The summed E-state index contributed by atoms with van der Waals surface area (Å²) in [5, 5.41) is 2.72. The number of nitrogens with one attached hydrogen (secondary N) is 1. The molecule has 1 saturated heterocycles. The second-order valence-corrected chi connectivity index (χ2v) is 11.5. The minimum Gasteiger partial charge on any atom is -0.449 e. The first-order chi connectivity index (χ1) is 20.3. The summed E-state index contributed by atoms with van der Waals surface area (Å²) in [6.07, 6.45) is -3.71. The van der Waals surface area contributed by atoms with Crippen molar-refractivity contribution in [1.29, 1.82) is 0 Å². The second kappa shape index (κ2) is 11.5. The number of carbonyl (C=O) groups is 2. The van der Waals surface area contributed by atoms with Crippen LogP contribution >= 0.6 is 0 Å². The van der Waals surface area contributed by atoms with E-state index in [9.17, 15) is 22.8 Å². The van der Waals surface area contributed by atoms with Gasteiger partial charge in [-0.05, 0) is 79.2 Å². The van der Waals surface area contributed by atoms with Gasteiger partial charge in [0.2, 0.25) is 0 Å². The van der Waals surface area contributed by atoms with Gasteiger partial charge in [-0.2, -0.15) is 0 Å². The molecule has 7 nitrogen and oxygen atoms in total. The van der Waals surface area contributed by atoms with Crippen LogP contribution in [0.1, 0.15) is 60.7 Å². The number of amides is 1. The Bertz CT molecular complexity index is 1510. The molecular formula is C32H31BF3NO6. The van der Waals surface area contributed by atoms with Crippen LogP contribution in [0, 0.1) is 0 Å². The monoisotopic (exact) mass is 593 g/mol. The summed E-state index contributed by atoms with van der Waals surface area (Å²) in [4.78, 5) is 24.4. The second-order valence-electron chi connectivity index (χ2n) is 11.5. The van der Waals surface area contributed by atoms with E-state index in [0.29, 0.717) is 11.8 Å². The minimum atomic E-state index is -4.94. The fourth-order valence-corrected chi connectivity index (χ4v) is 5.22. The number of carbonyl (C=O) groups excluding carboxylic acids is 2. The van der Waals surface area contributed by atoms with Crippen molar-refractivity contribution in [2.24, 2.45) is 0 Å². The van der Waals surface area contributed by atoms with Crippen molar-refractivity contribution in [2.75, 3.05) is 13.2 Å². The molecule has 5 rings (SSSR count). The summed E-state index contributed by atoms with van der Waals surface area (Å²) in [6, 6.07) is 19.5. The van der Waals surface area contributed by atoms with Crippen molar-refractivity contribution < 1.29 is 41.5 Å². The van der Waals surface area contributed by atoms with E-state index in [0.717, 1.165) is 34.4 Å². The molecule has 1 heterocycles. The van der Waals surface area contributed by atoms with Crippen LogP contribution in [0.3, 0.4) is 0 Å². The van der Waals surface area contributed by atoms with Crippen LogP contribution in [-0.2, 0) is 14.0 Å². The van der Waals surface area contributed by atoms with Gasteiger partial charge < -0.3 is 24.1 Å². The van der Waals surface area contributed by atoms with Crippen LogP contribution < -0.4 is 10.1 Å². The van der Waals surface area contributed by atoms with Gasteiger partial charge in [0.05, 0.1) is 11.2 Å². The molecule has 1 aliphatic heterocycles. The molecule has 43 heavy (non-hydrogen) atoms. The molecule has 0 spiro atoms. The van der Waals surface area contributed by atoms with Gasteiger partial charge in [0.15, 0.2) is 0 Å². The Morgan fingerprint density at radius 1 is 0.930 bits per heavy atom. The number of hydrogen-bond acceptors (Lipinski definition) is 6. The van der Waals surface area contributed by atoms with Crippen LogP contribution in [0.5, 0.6) is 5.75 Å². The van der Waals surface area contributed by atoms with Gasteiger partial charge in [-0.15, -0.1) is 13.2 Å². The van der Waals surface area contributed by atoms with E-state index in [-0.39, 0.29) is 30.2 Å². The molecule has 0 aromatic heterocycles. The van der Waals surface area contributed by atoms with Gasteiger partial charge in [-0.1, -0.05) is 54.6 Å². The molecule has 3 aromatic carbocycles. The maximum atomic E-state index is 12.9. The standard InChI is InChI=1S/C32H31BF3NO6/c1-30(2)31(3,4)43-33(42-30)22(14-20-13-21(18-38)16-23(15-20)41-32(34,35)36)17-37-29(39)40-19-28-26-11-7-5-9-24(26)25-10-6-8-12-27(25)28/h5-16,18,28H,17,19H2,1-4H3,(H,37,39). The zero-order chi connectivity index (χ0) is 31.0. The van der Waals surface area contributed by atoms with E-state index in [1.165, 1.54) is 12.1 Å². The number of ether oxygens (including phenoxy) is 2. The average molecular weight is 593 g/mol. The van der Waals surface area contributed by atoms with E-state index in [4.69, 9.17) is 14.0 Å². The number of alkyl halides is 3. The van der Waals surface area contributed by atoms with Gasteiger partial charge in [0.25, 0.3) is 0 Å². The quantitative estimate of drug-likeness (QED) is 0.225. The first-order valence-corrected chi connectivity index (χ1v) is 13.8. The van der Waals surface area contributed by atoms with Crippen LogP contribution in [0.15, 0.2) is 72.2 Å². The maximum Gasteiger partial charge on any atom is 0.573 e. The summed E-state index contributed by atoms with van der Waals surface area (Å²) in [6.45, 7) is 7.42. The highest BCUT2D eigenvalue weighted by atomic mass is 19.4. The Balaban J connectivity index is 1.35. The van der Waals surface area contributed by atoms with Crippen molar-refractivity contribution in [2.45, 2.75) is 51.2 Å². The Hall–Kier alpha value is -4.09. The predicted octanol–water partition coefficient (Wildman–Crippen LogP) is 6.95. The molecule has 1 N–H and O–H groups in total. The SMILES string of the molecule is CC1(C)OB(C(=Cc2cc(C=O)cc(OC(F)(F)F)c2)CNC(=O)OCC2c3ccccc3-c3ccccc32)OC1(C)C. The van der Waals surface area contributed by atoms with E-state index in [1.807, 2.05) is 76.2 Å². The van der Waals surface area contributed by atoms with Gasteiger partial charge in [-0.25, -0.2) is 4.79 Å². The van der Waals surface area contributed by atoms with Crippen molar-refractivity contribution in [3.05, 3.63) is 94.5 Å². The fourth-order valence-electron chi connectivity index (χ4n) is 5.22. The molecule has 0 bridgehead atoms. The molecule has 0 unspecified atom stereocenters. The van der Waals surface area contributed by atoms with Crippen LogP contribution in [0.2, 0.25) is 0 Å². The highest BCUT2D eigenvalue weighted by Crippen LogP contribution is 2.44. The Kier molecular flexibility index (Phi) is 8.15. The molecule has 0 atom stereocenters. The van der Waals surface area contributed by atoms with Crippen LogP contribution in [0.4, 0.5) is 18.0 Å². The fraction of sp³-hybridized carbons (Fsp3) is 0.312. The largest absolute Gasteiger partial charge is 0.573 e. The minimum absolute atomic E-state index is 0.0224. The third-order valence-electron chi connectivity index (χ3n) is 8.01. The Morgan fingerprint density at radius 3 is 2.05 bits per heavy atom. The molecule has 224 valence electrons. The van der Waals surface area contributed by atoms with E-state index in [2.05, 4.69) is 10.1 Å². The first-order valence-electron chi connectivity index (χ1n) is 13.8. The zero-order valence-corrected chi connectivity index (χ0v) is 24.2. The number of aldehydes is 1. The molecule has 0 radical (unpaired) electrons. The lowest BCUT2D eigenvalue weighted by Gasteiger charge is -2.32. The highest BCUT2D eigenvalue weighted by molar-refractivity contribution is 6.56. The van der Waals surface area contributed by atoms with E-state index < -0.39 is 36.5 Å². The number of benzene rings is 3. The number of fused-ring (bicyclic) bond motifs is 3. The van der Waals surface area contributed by atoms with Crippen molar-refractivity contribution in [3.63, 3.8) is 0 Å². The third kappa shape index (κ3) is 6.63. The van der Waals surface area contributed by atoms with Crippen molar-refractivity contribution in [3.8, 4) is 16.9 Å². The van der Waals surface area contributed by atoms with Crippen LogP contribution in [0.25, 0.3) is 17.2 Å². The normalized spacial score (nSPS) is 17.3. The van der Waals surface area contributed by atoms with Gasteiger partial charge in [0.1, 0.15) is 18.6 Å². The highest BCUT2D eigenvalue weighted by Gasteiger charge is 2.52. The smallest absolute Gasteiger partial charge is 0.449 e. The maximum absolute atomic E-state index is 12.9. The molecule has 3 aromatic rings. The molecule has 1 fully saturated rings. The average Bonchev–Trinajstić information content (AvgIpc) is 3.37. The zero-order valence-electron chi connectivity index (χ0n) is 24.2. The Labute approximate surface area is 248 Å². The lowest BCUT2D eigenvalue weighted by atomic mass is 9.77. The number of halogens is 3. The number of hydrogen-bond donors (Lipinski definition) is 1. The van der Waals surface area contributed by atoms with E-state index >= 15 is 0 Å². The van der Waals surface area contributed by atoms with Crippen LogP contribution in [-0.4, -0.2) is 50.2 Å². The lowest BCUT2D eigenvalue weighted by Crippen LogP contribution is -2.41. The summed E-state index contributed by atoms with van der Waals surface area (Å²) in [7, 11) is -0.939. The summed E-state index contributed by atoms with van der Waals surface area (Å²) in [5.74, 6) is -0.685. The molecule has 11 heteroatoms. The third-order valence-corrected chi connectivity index (χ3v) is 8.01. The molecule has 1 aliphatic carbocycles. The lowest BCUT2D eigenvalue weighted by molar-refractivity contribution is -0.274.